The number of rotatable bonds is 6. The van der Waals surface area contributed by atoms with E-state index in [2.05, 4.69) is 5.32 Å². The van der Waals surface area contributed by atoms with Crippen molar-refractivity contribution in [2.24, 2.45) is 0 Å². The molecule has 154 valence electrons. The highest BCUT2D eigenvalue weighted by atomic mass is 32.2. The SMILES string of the molecule is CCOc1ccccc1C(=O)Nc1ccc(S(=O)(=O)N2CCc3ccccc32)cc1. The molecule has 0 saturated heterocycles. The van der Waals surface area contributed by atoms with Crippen molar-refractivity contribution in [2.45, 2.75) is 18.2 Å². The Morgan fingerprint density at radius 2 is 1.70 bits per heavy atom. The predicted molar refractivity (Wildman–Crippen MR) is 117 cm³/mol. The molecule has 30 heavy (non-hydrogen) atoms. The summed E-state index contributed by atoms with van der Waals surface area (Å²) in [5.41, 5.74) is 2.68. The normalized spacial score (nSPS) is 13.0. The van der Waals surface area contributed by atoms with E-state index in [9.17, 15) is 13.2 Å². The van der Waals surface area contributed by atoms with Crippen molar-refractivity contribution in [1.29, 1.82) is 0 Å². The third-order valence-electron chi connectivity index (χ3n) is 4.98. The summed E-state index contributed by atoms with van der Waals surface area (Å²) in [5.74, 6) is 0.188. The van der Waals surface area contributed by atoms with Crippen LogP contribution in [0.5, 0.6) is 5.75 Å². The van der Waals surface area contributed by atoms with E-state index < -0.39 is 10.0 Å². The molecule has 7 heteroatoms. The molecule has 0 aliphatic carbocycles. The largest absolute Gasteiger partial charge is 0.493 e. The zero-order chi connectivity index (χ0) is 21.1. The fraction of sp³-hybridized carbons (Fsp3) is 0.174. The maximum Gasteiger partial charge on any atom is 0.264 e. The first-order valence-electron chi connectivity index (χ1n) is 9.74. The van der Waals surface area contributed by atoms with Crippen molar-refractivity contribution in [3.05, 3.63) is 83.9 Å². The highest BCUT2D eigenvalue weighted by molar-refractivity contribution is 7.92. The van der Waals surface area contributed by atoms with Gasteiger partial charge in [0.1, 0.15) is 5.75 Å². The molecule has 3 aromatic carbocycles. The first kappa shape index (κ1) is 20.0. The number of nitrogens with zero attached hydrogens (tertiary/aromatic N) is 1. The van der Waals surface area contributed by atoms with Gasteiger partial charge in [-0.25, -0.2) is 8.42 Å². The molecule has 1 amide bonds. The fourth-order valence-electron chi connectivity index (χ4n) is 3.53. The van der Waals surface area contributed by atoms with Gasteiger partial charge >= 0.3 is 0 Å². The molecule has 0 bridgehead atoms. The number of para-hydroxylation sites is 2. The Bertz CT molecular complexity index is 1170. The Labute approximate surface area is 176 Å². The van der Waals surface area contributed by atoms with E-state index >= 15 is 0 Å². The monoisotopic (exact) mass is 422 g/mol. The molecular weight excluding hydrogens is 400 g/mol. The number of carbonyl (C=O) groups excluding carboxylic acids is 1. The van der Waals surface area contributed by atoms with E-state index in [1.165, 1.54) is 16.4 Å². The van der Waals surface area contributed by atoms with Gasteiger partial charge in [-0.3, -0.25) is 9.10 Å². The Kier molecular flexibility index (Phi) is 5.46. The van der Waals surface area contributed by atoms with Crippen LogP contribution in [0.1, 0.15) is 22.8 Å². The summed E-state index contributed by atoms with van der Waals surface area (Å²) >= 11 is 0. The molecule has 3 aromatic rings. The lowest BCUT2D eigenvalue weighted by Gasteiger charge is -2.19. The first-order valence-corrected chi connectivity index (χ1v) is 11.2. The number of ether oxygens (including phenoxy) is 1. The molecule has 1 aliphatic rings. The Balaban J connectivity index is 1.53. The van der Waals surface area contributed by atoms with Crippen LogP contribution in [-0.4, -0.2) is 27.5 Å². The van der Waals surface area contributed by atoms with Gasteiger partial charge < -0.3 is 10.1 Å². The number of fused-ring (bicyclic) bond motifs is 1. The van der Waals surface area contributed by atoms with Crippen LogP contribution in [-0.2, 0) is 16.4 Å². The molecule has 1 N–H and O–H groups in total. The fourth-order valence-corrected chi connectivity index (χ4v) is 5.03. The number of hydrogen-bond donors (Lipinski definition) is 1. The summed E-state index contributed by atoms with van der Waals surface area (Å²) in [5, 5.41) is 2.79. The van der Waals surface area contributed by atoms with Crippen LogP contribution in [0, 0.1) is 0 Å². The summed E-state index contributed by atoms with van der Waals surface area (Å²) < 4.78 is 33.1. The molecule has 6 nitrogen and oxygen atoms in total. The molecule has 0 aromatic heterocycles. The average molecular weight is 423 g/mol. The van der Waals surface area contributed by atoms with Gasteiger partial charge in [0.2, 0.25) is 0 Å². The van der Waals surface area contributed by atoms with Crippen molar-refractivity contribution < 1.29 is 17.9 Å². The van der Waals surface area contributed by atoms with Crippen LogP contribution >= 0.6 is 0 Å². The second-order valence-electron chi connectivity index (χ2n) is 6.86. The minimum atomic E-state index is -3.66. The number of nitrogens with one attached hydrogen (secondary N) is 1. The van der Waals surface area contributed by atoms with E-state index in [1.54, 1.807) is 36.4 Å². The molecule has 0 atom stereocenters. The minimum Gasteiger partial charge on any atom is -0.493 e. The number of anilines is 2. The lowest BCUT2D eigenvalue weighted by molar-refractivity contribution is 0.102. The lowest BCUT2D eigenvalue weighted by atomic mass is 10.2. The van der Waals surface area contributed by atoms with Crippen molar-refractivity contribution in [1.82, 2.24) is 0 Å². The van der Waals surface area contributed by atoms with Crippen LogP contribution < -0.4 is 14.4 Å². The summed E-state index contributed by atoms with van der Waals surface area (Å²) in [7, 11) is -3.66. The van der Waals surface area contributed by atoms with Crippen LogP contribution in [0.4, 0.5) is 11.4 Å². The van der Waals surface area contributed by atoms with Gasteiger partial charge in [-0.05, 0) is 61.4 Å². The van der Waals surface area contributed by atoms with Gasteiger partial charge in [-0.15, -0.1) is 0 Å². The Morgan fingerprint density at radius 3 is 2.47 bits per heavy atom. The van der Waals surface area contributed by atoms with Crippen molar-refractivity contribution in [3.8, 4) is 5.75 Å². The number of amides is 1. The average Bonchev–Trinajstić information content (AvgIpc) is 3.20. The van der Waals surface area contributed by atoms with Crippen LogP contribution in [0.15, 0.2) is 77.7 Å². The smallest absolute Gasteiger partial charge is 0.264 e. The third kappa shape index (κ3) is 3.76. The maximum atomic E-state index is 13.1. The van der Waals surface area contributed by atoms with Crippen molar-refractivity contribution in [3.63, 3.8) is 0 Å². The molecule has 0 spiro atoms. The van der Waals surface area contributed by atoms with E-state index in [0.29, 0.717) is 36.6 Å². The molecular formula is C23H22N2O4S. The lowest BCUT2D eigenvalue weighted by Crippen LogP contribution is -2.29. The van der Waals surface area contributed by atoms with Crippen LogP contribution in [0.3, 0.4) is 0 Å². The van der Waals surface area contributed by atoms with Gasteiger partial charge in [0.15, 0.2) is 0 Å². The first-order chi connectivity index (χ1) is 14.5. The summed E-state index contributed by atoms with van der Waals surface area (Å²) in [6.07, 6.45) is 0.697. The van der Waals surface area contributed by atoms with Gasteiger partial charge in [0.25, 0.3) is 15.9 Å². The minimum absolute atomic E-state index is 0.187. The Hall–Kier alpha value is -3.32. The molecule has 1 aliphatic heterocycles. The van der Waals surface area contributed by atoms with Crippen molar-refractivity contribution >= 4 is 27.3 Å². The molecule has 4 rings (SSSR count). The standard InChI is InChI=1S/C23H22N2O4S/c1-2-29-22-10-6-4-8-20(22)23(26)24-18-11-13-19(14-12-18)30(27,28)25-16-15-17-7-3-5-9-21(17)25/h3-14H,2,15-16H2,1H3,(H,24,26). The number of hydrogen-bond acceptors (Lipinski definition) is 4. The molecule has 0 fully saturated rings. The van der Waals surface area contributed by atoms with E-state index in [1.807, 2.05) is 31.2 Å². The van der Waals surface area contributed by atoms with Gasteiger partial charge in [-0.2, -0.15) is 0 Å². The number of carbonyl (C=O) groups is 1. The highest BCUT2D eigenvalue weighted by Gasteiger charge is 2.30. The topological polar surface area (TPSA) is 75.7 Å². The van der Waals surface area contributed by atoms with Crippen LogP contribution in [0.25, 0.3) is 0 Å². The maximum absolute atomic E-state index is 13.1. The zero-order valence-electron chi connectivity index (χ0n) is 16.5. The predicted octanol–water partition coefficient (Wildman–Crippen LogP) is 4.09. The van der Waals surface area contributed by atoms with E-state index in [0.717, 1.165) is 11.3 Å². The third-order valence-corrected chi connectivity index (χ3v) is 6.80. The van der Waals surface area contributed by atoms with E-state index in [4.69, 9.17) is 4.74 Å². The zero-order valence-corrected chi connectivity index (χ0v) is 17.4. The Morgan fingerprint density at radius 1 is 1.00 bits per heavy atom. The highest BCUT2D eigenvalue weighted by Crippen LogP contribution is 2.33. The van der Waals surface area contributed by atoms with Gasteiger partial charge in [0, 0.05) is 12.2 Å². The second kappa shape index (κ2) is 8.20. The molecule has 1 heterocycles. The molecule has 0 saturated carbocycles. The molecule has 0 unspecified atom stereocenters. The second-order valence-corrected chi connectivity index (χ2v) is 8.73. The van der Waals surface area contributed by atoms with Gasteiger partial charge in [-0.1, -0.05) is 30.3 Å². The quantitative estimate of drug-likeness (QED) is 0.649. The van der Waals surface area contributed by atoms with Crippen LogP contribution in [0.2, 0.25) is 0 Å². The number of sulfonamides is 1. The van der Waals surface area contributed by atoms with E-state index in [-0.39, 0.29) is 10.8 Å². The van der Waals surface area contributed by atoms with Crippen molar-refractivity contribution in [2.75, 3.05) is 22.8 Å². The summed E-state index contributed by atoms with van der Waals surface area (Å²) in [6, 6.07) is 20.7. The summed E-state index contributed by atoms with van der Waals surface area (Å²) in [4.78, 5) is 12.8. The summed E-state index contributed by atoms with van der Waals surface area (Å²) in [6.45, 7) is 2.73. The number of benzene rings is 3. The van der Waals surface area contributed by atoms with Gasteiger partial charge in [0.05, 0.1) is 22.8 Å². The molecule has 0 radical (unpaired) electrons.